The Labute approximate surface area is 177 Å². The first-order valence-electron chi connectivity index (χ1n) is 10.7. The number of amides is 1. The molecule has 2 fully saturated rings. The van der Waals surface area contributed by atoms with Gasteiger partial charge in [-0.3, -0.25) is 9.59 Å². The van der Waals surface area contributed by atoms with Crippen LogP contribution in [0.3, 0.4) is 0 Å². The van der Waals surface area contributed by atoms with Gasteiger partial charge in [0.05, 0.1) is 18.6 Å². The highest BCUT2D eigenvalue weighted by Gasteiger charge is 2.65. The molecule has 156 valence electrons. The van der Waals surface area contributed by atoms with E-state index in [2.05, 4.69) is 31.2 Å². The predicted molar refractivity (Wildman–Crippen MR) is 112 cm³/mol. The van der Waals surface area contributed by atoms with Gasteiger partial charge in [-0.15, -0.1) is 0 Å². The number of carbonyl (C=O) groups excluding carboxylic acids is 2. The quantitative estimate of drug-likeness (QED) is 0.728. The molecule has 0 N–H and O–H groups in total. The number of fused-ring (bicyclic) bond motifs is 1. The second kappa shape index (κ2) is 7.15. The zero-order valence-electron chi connectivity index (χ0n) is 17.5. The van der Waals surface area contributed by atoms with E-state index in [4.69, 9.17) is 9.47 Å². The summed E-state index contributed by atoms with van der Waals surface area (Å²) < 4.78 is 11.2. The van der Waals surface area contributed by atoms with E-state index >= 15 is 0 Å². The molecule has 2 heterocycles. The van der Waals surface area contributed by atoms with Gasteiger partial charge < -0.3 is 14.4 Å². The van der Waals surface area contributed by atoms with Gasteiger partial charge in [-0.05, 0) is 47.6 Å². The number of hydrogen-bond acceptors (Lipinski definition) is 4. The van der Waals surface area contributed by atoms with Gasteiger partial charge in [0.25, 0.3) is 0 Å². The second-order valence-corrected chi connectivity index (χ2v) is 8.85. The van der Waals surface area contributed by atoms with E-state index in [1.54, 1.807) is 0 Å². The Balaban J connectivity index is 1.48. The van der Waals surface area contributed by atoms with Crippen LogP contribution in [0, 0.1) is 17.8 Å². The highest BCUT2D eigenvalue weighted by Crippen LogP contribution is 2.61. The van der Waals surface area contributed by atoms with Gasteiger partial charge in [0, 0.05) is 18.9 Å². The van der Waals surface area contributed by atoms with E-state index in [-0.39, 0.29) is 35.2 Å². The summed E-state index contributed by atoms with van der Waals surface area (Å²) in [5.74, 6) is 0.744. The van der Waals surface area contributed by atoms with Crippen molar-refractivity contribution in [1.82, 2.24) is 4.90 Å². The Morgan fingerprint density at radius 2 is 2.00 bits per heavy atom. The Bertz CT molecular complexity index is 988. The van der Waals surface area contributed by atoms with Crippen LogP contribution in [0.2, 0.25) is 0 Å². The topological polar surface area (TPSA) is 55.8 Å². The normalized spacial score (nSPS) is 29.2. The molecule has 1 unspecified atom stereocenters. The molecule has 1 amide bonds. The first-order chi connectivity index (χ1) is 14.5. The zero-order valence-corrected chi connectivity index (χ0v) is 17.5. The van der Waals surface area contributed by atoms with Crippen LogP contribution < -0.4 is 4.74 Å². The second-order valence-electron chi connectivity index (χ2n) is 8.85. The van der Waals surface area contributed by atoms with Gasteiger partial charge in [-0.25, -0.2) is 0 Å². The van der Waals surface area contributed by atoms with Crippen LogP contribution in [0.5, 0.6) is 5.75 Å². The monoisotopic (exact) mass is 405 g/mol. The third kappa shape index (κ3) is 2.75. The maximum absolute atomic E-state index is 12.9. The van der Waals surface area contributed by atoms with E-state index in [0.29, 0.717) is 19.6 Å². The molecule has 5 heteroatoms. The van der Waals surface area contributed by atoms with E-state index in [0.717, 1.165) is 24.2 Å². The Morgan fingerprint density at radius 1 is 1.20 bits per heavy atom. The number of nitrogens with zero attached hydrogens (tertiary/aromatic N) is 1. The third-order valence-electron chi connectivity index (χ3n) is 7.34. The van der Waals surface area contributed by atoms with Crippen LogP contribution in [-0.4, -0.2) is 30.4 Å². The largest absolute Gasteiger partial charge is 0.489 e. The van der Waals surface area contributed by atoms with Crippen LogP contribution in [-0.2, 0) is 32.9 Å². The Kier molecular flexibility index (Phi) is 4.57. The third-order valence-corrected chi connectivity index (χ3v) is 7.34. The summed E-state index contributed by atoms with van der Waals surface area (Å²) >= 11 is 0. The maximum atomic E-state index is 12.9. The lowest BCUT2D eigenvalue weighted by Gasteiger charge is -2.44. The summed E-state index contributed by atoms with van der Waals surface area (Å²) in [5.41, 5.74) is 3.16. The molecule has 30 heavy (non-hydrogen) atoms. The molecule has 1 saturated carbocycles. The summed E-state index contributed by atoms with van der Waals surface area (Å²) in [5, 5.41) is 0. The summed E-state index contributed by atoms with van der Waals surface area (Å²) in [6.45, 7) is 3.34. The summed E-state index contributed by atoms with van der Waals surface area (Å²) in [7, 11) is 1.44. The fraction of sp³-hybridized carbons (Fsp3) is 0.440. The molecule has 5 nitrogen and oxygen atoms in total. The Morgan fingerprint density at radius 3 is 2.77 bits per heavy atom. The van der Waals surface area contributed by atoms with E-state index in [1.165, 1.54) is 18.2 Å². The van der Waals surface area contributed by atoms with E-state index in [9.17, 15) is 9.59 Å². The van der Waals surface area contributed by atoms with Crippen molar-refractivity contribution in [3.8, 4) is 5.75 Å². The minimum absolute atomic E-state index is 0.0254. The molecule has 0 radical (unpaired) electrons. The van der Waals surface area contributed by atoms with Crippen molar-refractivity contribution < 1.29 is 19.1 Å². The lowest BCUT2D eigenvalue weighted by molar-refractivity contribution is -0.148. The molecule has 1 aliphatic carbocycles. The molecule has 2 aliphatic heterocycles. The van der Waals surface area contributed by atoms with Gasteiger partial charge in [0.2, 0.25) is 5.91 Å². The maximum Gasteiger partial charge on any atom is 0.309 e. The average molecular weight is 405 g/mol. The molecular formula is C25H27NO4. The number of methoxy groups -OCH3 is 1. The molecule has 1 saturated heterocycles. The van der Waals surface area contributed by atoms with E-state index in [1.807, 2.05) is 29.2 Å². The molecule has 2 aromatic carbocycles. The first-order valence-corrected chi connectivity index (χ1v) is 10.7. The molecule has 0 aromatic heterocycles. The summed E-state index contributed by atoms with van der Waals surface area (Å²) in [6.07, 6.45) is 2.05. The average Bonchev–Trinajstić information content (AvgIpc) is 3.19. The van der Waals surface area contributed by atoms with E-state index < -0.39 is 0 Å². The number of carbonyl (C=O) groups is 2. The highest BCUT2D eigenvalue weighted by molar-refractivity contribution is 5.85. The Hall–Kier alpha value is -2.82. The lowest BCUT2D eigenvalue weighted by Crippen LogP contribution is -2.49. The highest BCUT2D eigenvalue weighted by atomic mass is 16.5. The van der Waals surface area contributed by atoms with Gasteiger partial charge in [0.1, 0.15) is 12.4 Å². The van der Waals surface area contributed by atoms with Crippen LogP contribution >= 0.6 is 0 Å². The number of benzene rings is 2. The van der Waals surface area contributed by atoms with Gasteiger partial charge in [-0.2, -0.15) is 0 Å². The standard InChI is InChI=1S/C25H27NO4/c1-16-14-25-20-9-8-19(30-15-17-6-4-3-5-7-17)12-18(20)10-11-26(25)22(27)13-21(25)23(16)24(28)29-2/h3-9,12,16,21,23H,10-11,13-15H2,1-2H3/t16-,21?,23+,25-/m0/s1. The van der Waals surface area contributed by atoms with Crippen molar-refractivity contribution in [2.45, 2.75) is 38.3 Å². The molecule has 4 atom stereocenters. The van der Waals surface area contributed by atoms with Crippen LogP contribution in [0.4, 0.5) is 0 Å². The number of hydrogen-bond donors (Lipinski definition) is 0. The number of rotatable bonds is 4. The van der Waals surface area contributed by atoms with Gasteiger partial charge in [0.15, 0.2) is 0 Å². The first kappa shape index (κ1) is 19.2. The van der Waals surface area contributed by atoms with Crippen LogP contribution in [0.1, 0.15) is 36.5 Å². The van der Waals surface area contributed by atoms with Gasteiger partial charge in [-0.1, -0.05) is 43.3 Å². The lowest BCUT2D eigenvalue weighted by atomic mass is 9.74. The SMILES string of the molecule is COC(=O)[C@H]1C2CC(=O)N3CCc4cc(OCc5ccccc5)ccc4[C@@]23C[C@@H]1C. The summed E-state index contributed by atoms with van der Waals surface area (Å²) in [6, 6.07) is 16.4. The van der Waals surface area contributed by atoms with Crippen molar-refractivity contribution in [3.63, 3.8) is 0 Å². The van der Waals surface area contributed by atoms with Gasteiger partial charge >= 0.3 is 5.97 Å². The molecule has 1 spiro atoms. The fourth-order valence-electron chi connectivity index (χ4n) is 6.16. The number of esters is 1. The molecule has 3 aliphatic rings. The van der Waals surface area contributed by atoms with Crippen molar-refractivity contribution in [1.29, 1.82) is 0 Å². The van der Waals surface area contributed by atoms with Crippen LogP contribution in [0.25, 0.3) is 0 Å². The van der Waals surface area contributed by atoms with Crippen molar-refractivity contribution in [2.24, 2.45) is 17.8 Å². The fourth-order valence-corrected chi connectivity index (χ4v) is 6.16. The molecular weight excluding hydrogens is 378 g/mol. The number of ether oxygens (including phenoxy) is 2. The molecule has 5 rings (SSSR count). The predicted octanol–water partition coefficient (Wildman–Crippen LogP) is 3.69. The van der Waals surface area contributed by atoms with Crippen molar-refractivity contribution >= 4 is 11.9 Å². The van der Waals surface area contributed by atoms with Crippen LogP contribution in [0.15, 0.2) is 48.5 Å². The van der Waals surface area contributed by atoms with Crippen molar-refractivity contribution in [3.05, 3.63) is 65.2 Å². The smallest absolute Gasteiger partial charge is 0.309 e. The minimum Gasteiger partial charge on any atom is -0.489 e. The summed E-state index contributed by atoms with van der Waals surface area (Å²) in [4.78, 5) is 27.5. The molecule has 0 bridgehead atoms. The van der Waals surface area contributed by atoms with Crippen molar-refractivity contribution in [2.75, 3.05) is 13.7 Å². The minimum atomic E-state index is -0.388. The zero-order chi connectivity index (χ0) is 20.9. The molecule has 2 aromatic rings.